The van der Waals surface area contributed by atoms with E-state index in [4.69, 9.17) is 5.11 Å². The average Bonchev–Trinajstić information content (AvgIpc) is 2.89. The van der Waals surface area contributed by atoms with E-state index >= 15 is 0 Å². The molecule has 142 valence electrons. The predicted octanol–water partition coefficient (Wildman–Crippen LogP) is 4.52. The first-order valence-electron chi connectivity index (χ1n) is 10.1. The predicted molar refractivity (Wildman–Crippen MR) is 96.9 cm³/mol. The molecule has 0 bridgehead atoms. The minimum absolute atomic E-state index is 0.175. The van der Waals surface area contributed by atoms with Crippen LogP contribution in [0.1, 0.15) is 96.8 Å². The Kier molecular flexibility index (Phi) is 11.4. The molecule has 1 unspecified atom stereocenters. The standard InChI is InChI=1S/C20H38O4/c1-2-3-6-9-17(21)14-12-16-13-15-19(22)18(16)10-7-4-5-8-11-20(23)24/h16-19,21-22H,2-15H2,1H3,(H,23,24)/t16-,17?,18+,19+/m0/s1. The van der Waals surface area contributed by atoms with E-state index in [9.17, 15) is 15.0 Å². The van der Waals surface area contributed by atoms with Crippen LogP contribution in [-0.4, -0.2) is 33.5 Å². The molecule has 4 nitrogen and oxygen atoms in total. The van der Waals surface area contributed by atoms with Crippen molar-refractivity contribution in [3.8, 4) is 0 Å². The smallest absolute Gasteiger partial charge is 0.303 e. The zero-order valence-corrected chi connectivity index (χ0v) is 15.5. The molecule has 1 saturated carbocycles. The van der Waals surface area contributed by atoms with E-state index in [1.54, 1.807) is 0 Å². The van der Waals surface area contributed by atoms with E-state index in [1.807, 2.05) is 0 Å². The van der Waals surface area contributed by atoms with Crippen LogP contribution in [0.25, 0.3) is 0 Å². The molecule has 1 fully saturated rings. The Hall–Kier alpha value is -0.610. The lowest BCUT2D eigenvalue weighted by atomic mass is 9.85. The van der Waals surface area contributed by atoms with Gasteiger partial charge in [-0.1, -0.05) is 45.4 Å². The van der Waals surface area contributed by atoms with Crippen LogP contribution in [0.3, 0.4) is 0 Å². The average molecular weight is 343 g/mol. The second kappa shape index (κ2) is 12.7. The van der Waals surface area contributed by atoms with Crippen molar-refractivity contribution in [3.63, 3.8) is 0 Å². The van der Waals surface area contributed by atoms with Crippen LogP contribution in [0.2, 0.25) is 0 Å². The van der Waals surface area contributed by atoms with Gasteiger partial charge < -0.3 is 15.3 Å². The topological polar surface area (TPSA) is 77.8 Å². The highest BCUT2D eigenvalue weighted by Gasteiger charge is 2.34. The quantitative estimate of drug-likeness (QED) is 0.406. The SMILES string of the molecule is CCCCCC(O)CC[C@H]1CC[C@@H](O)[C@@H]1CCCCCCC(=O)O. The summed E-state index contributed by atoms with van der Waals surface area (Å²) in [5, 5.41) is 29.0. The molecule has 0 amide bonds. The molecular formula is C20H38O4. The van der Waals surface area contributed by atoms with Crippen molar-refractivity contribution in [1.82, 2.24) is 0 Å². The lowest BCUT2D eigenvalue weighted by Crippen LogP contribution is -2.20. The number of aliphatic hydroxyl groups excluding tert-OH is 2. The van der Waals surface area contributed by atoms with Gasteiger partial charge in [0.15, 0.2) is 0 Å². The Balaban J connectivity index is 2.18. The largest absolute Gasteiger partial charge is 0.481 e. The van der Waals surface area contributed by atoms with Gasteiger partial charge in [0.1, 0.15) is 0 Å². The molecule has 1 rings (SSSR count). The number of aliphatic hydroxyl groups is 2. The van der Waals surface area contributed by atoms with Crippen molar-refractivity contribution in [2.24, 2.45) is 11.8 Å². The molecule has 4 heteroatoms. The molecule has 3 N–H and O–H groups in total. The molecule has 24 heavy (non-hydrogen) atoms. The van der Waals surface area contributed by atoms with Gasteiger partial charge in [-0.25, -0.2) is 0 Å². The van der Waals surface area contributed by atoms with Gasteiger partial charge in [-0.2, -0.15) is 0 Å². The highest BCUT2D eigenvalue weighted by atomic mass is 16.4. The number of carboxylic acid groups (broad SMARTS) is 1. The van der Waals surface area contributed by atoms with Gasteiger partial charge in [0.25, 0.3) is 0 Å². The van der Waals surface area contributed by atoms with Crippen molar-refractivity contribution in [3.05, 3.63) is 0 Å². The first-order chi connectivity index (χ1) is 11.5. The number of unbranched alkanes of at least 4 members (excludes halogenated alkanes) is 5. The Morgan fingerprint density at radius 2 is 1.75 bits per heavy atom. The molecule has 0 aromatic rings. The maximum atomic E-state index is 10.5. The maximum Gasteiger partial charge on any atom is 0.303 e. The summed E-state index contributed by atoms with van der Waals surface area (Å²) in [4.78, 5) is 10.5. The van der Waals surface area contributed by atoms with Crippen LogP contribution in [0, 0.1) is 11.8 Å². The van der Waals surface area contributed by atoms with Gasteiger partial charge in [0.05, 0.1) is 12.2 Å². The lowest BCUT2D eigenvalue weighted by molar-refractivity contribution is -0.137. The molecule has 0 saturated heterocycles. The summed E-state index contributed by atoms with van der Waals surface area (Å²) >= 11 is 0. The van der Waals surface area contributed by atoms with Crippen LogP contribution in [-0.2, 0) is 4.79 Å². The summed E-state index contributed by atoms with van der Waals surface area (Å²) in [6.07, 6.45) is 13.2. The summed E-state index contributed by atoms with van der Waals surface area (Å²) in [7, 11) is 0. The molecule has 1 aliphatic carbocycles. The zero-order valence-electron chi connectivity index (χ0n) is 15.5. The summed E-state index contributed by atoms with van der Waals surface area (Å²) in [5.74, 6) is 0.228. The summed E-state index contributed by atoms with van der Waals surface area (Å²) in [6, 6.07) is 0. The van der Waals surface area contributed by atoms with Crippen LogP contribution < -0.4 is 0 Å². The number of carboxylic acids is 1. The van der Waals surface area contributed by atoms with Gasteiger partial charge in [-0.15, -0.1) is 0 Å². The minimum atomic E-state index is -0.709. The molecule has 0 spiro atoms. The third-order valence-electron chi connectivity index (χ3n) is 5.62. The van der Waals surface area contributed by atoms with Crippen molar-refractivity contribution in [1.29, 1.82) is 0 Å². The zero-order chi connectivity index (χ0) is 17.8. The minimum Gasteiger partial charge on any atom is -0.481 e. The number of aliphatic carboxylic acids is 1. The Bertz CT molecular complexity index is 332. The Labute approximate surface area is 147 Å². The maximum absolute atomic E-state index is 10.5. The molecule has 0 aromatic heterocycles. The number of rotatable bonds is 14. The van der Waals surface area contributed by atoms with Crippen molar-refractivity contribution >= 4 is 5.97 Å². The van der Waals surface area contributed by atoms with E-state index < -0.39 is 5.97 Å². The third-order valence-corrected chi connectivity index (χ3v) is 5.62. The number of hydrogen-bond donors (Lipinski definition) is 3. The van der Waals surface area contributed by atoms with E-state index in [0.29, 0.717) is 11.8 Å². The highest BCUT2D eigenvalue weighted by molar-refractivity contribution is 5.66. The van der Waals surface area contributed by atoms with E-state index in [-0.39, 0.29) is 18.6 Å². The van der Waals surface area contributed by atoms with E-state index in [1.165, 1.54) is 12.8 Å². The lowest BCUT2D eigenvalue weighted by Gasteiger charge is -2.23. The second-order valence-electron chi connectivity index (χ2n) is 7.64. The van der Waals surface area contributed by atoms with Crippen molar-refractivity contribution in [2.45, 2.75) is 109 Å². The van der Waals surface area contributed by atoms with Crippen LogP contribution in [0.5, 0.6) is 0 Å². The first kappa shape index (κ1) is 21.4. The Morgan fingerprint density at radius 1 is 1.00 bits per heavy atom. The van der Waals surface area contributed by atoms with Gasteiger partial charge >= 0.3 is 5.97 Å². The molecular weight excluding hydrogens is 304 g/mol. The van der Waals surface area contributed by atoms with Crippen LogP contribution in [0.4, 0.5) is 0 Å². The molecule has 4 atom stereocenters. The normalized spacial score (nSPS) is 25.0. The van der Waals surface area contributed by atoms with Crippen molar-refractivity contribution in [2.75, 3.05) is 0 Å². The molecule has 0 heterocycles. The van der Waals surface area contributed by atoms with Crippen LogP contribution >= 0.6 is 0 Å². The summed E-state index contributed by atoms with van der Waals surface area (Å²) < 4.78 is 0. The molecule has 0 radical (unpaired) electrons. The summed E-state index contributed by atoms with van der Waals surface area (Å²) in [6.45, 7) is 2.18. The second-order valence-corrected chi connectivity index (χ2v) is 7.64. The first-order valence-corrected chi connectivity index (χ1v) is 10.1. The molecule has 1 aliphatic rings. The fraction of sp³-hybridized carbons (Fsp3) is 0.950. The summed E-state index contributed by atoms with van der Waals surface area (Å²) in [5.41, 5.74) is 0. The van der Waals surface area contributed by atoms with Gasteiger partial charge in [0, 0.05) is 6.42 Å². The fourth-order valence-electron chi connectivity index (χ4n) is 4.10. The van der Waals surface area contributed by atoms with Gasteiger partial charge in [-0.05, 0) is 56.8 Å². The monoisotopic (exact) mass is 342 g/mol. The van der Waals surface area contributed by atoms with E-state index in [2.05, 4.69) is 6.92 Å². The van der Waals surface area contributed by atoms with Crippen LogP contribution in [0.15, 0.2) is 0 Å². The fourth-order valence-corrected chi connectivity index (χ4v) is 4.10. The highest BCUT2D eigenvalue weighted by Crippen LogP contribution is 2.39. The van der Waals surface area contributed by atoms with Gasteiger partial charge in [0.2, 0.25) is 0 Å². The molecule has 0 aromatic carbocycles. The Morgan fingerprint density at radius 3 is 2.46 bits per heavy atom. The number of hydrogen-bond acceptors (Lipinski definition) is 3. The third kappa shape index (κ3) is 9.03. The molecule has 0 aliphatic heterocycles. The number of carbonyl (C=O) groups is 1. The van der Waals surface area contributed by atoms with Gasteiger partial charge in [-0.3, -0.25) is 4.79 Å². The van der Waals surface area contributed by atoms with Crippen molar-refractivity contribution < 1.29 is 20.1 Å². The van der Waals surface area contributed by atoms with E-state index in [0.717, 1.165) is 70.6 Å².